The van der Waals surface area contributed by atoms with E-state index in [-0.39, 0.29) is 5.82 Å². The molecule has 1 aromatic heterocycles. The molecule has 0 bridgehead atoms. The van der Waals surface area contributed by atoms with Crippen LogP contribution in [0, 0.1) is 0 Å². The molecule has 0 saturated carbocycles. The van der Waals surface area contributed by atoms with Crippen molar-refractivity contribution in [3.05, 3.63) is 52.7 Å². The van der Waals surface area contributed by atoms with Crippen LogP contribution < -0.4 is 16.7 Å². The van der Waals surface area contributed by atoms with Crippen LogP contribution in [0.4, 0.5) is 5.82 Å². The Morgan fingerprint density at radius 1 is 1.27 bits per heavy atom. The second-order valence-electron chi connectivity index (χ2n) is 2.97. The number of anilines is 1. The number of nitrogens with one attached hydrogen (secondary N) is 2. The molecule has 1 aliphatic heterocycles. The van der Waals surface area contributed by atoms with Gasteiger partial charge in [-0.05, 0) is 12.2 Å². The number of nitrogens with two attached hydrogens (primary N) is 1. The Labute approximate surface area is 86.0 Å². The molecule has 2 rings (SSSR count). The third kappa shape index (κ3) is 1.96. The van der Waals surface area contributed by atoms with Gasteiger partial charge in [0.05, 0.1) is 11.3 Å². The van der Waals surface area contributed by atoms with Gasteiger partial charge in [0.15, 0.2) is 0 Å². The average molecular weight is 202 g/mol. The van der Waals surface area contributed by atoms with Crippen LogP contribution in [0.1, 0.15) is 5.56 Å². The highest BCUT2D eigenvalue weighted by molar-refractivity contribution is 5.73. The molecule has 2 heterocycles. The lowest BCUT2D eigenvalue weighted by Gasteiger charge is -2.07. The lowest BCUT2D eigenvalue weighted by Crippen LogP contribution is -2.16. The van der Waals surface area contributed by atoms with Gasteiger partial charge in [0.1, 0.15) is 5.82 Å². The largest absolute Gasteiger partial charge is 0.383 e. The van der Waals surface area contributed by atoms with Gasteiger partial charge in [0.25, 0.3) is 0 Å². The van der Waals surface area contributed by atoms with Crippen molar-refractivity contribution in [2.45, 2.75) is 0 Å². The first-order chi connectivity index (χ1) is 7.27. The second-order valence-corrected chi connectivity index (χ2v) is 2.97. The van der Waals surface area contributed by atoms with Crippen LogP contribution in [0.3, 0.4) is 0 Å². The van der Waals surface area contributed by atoms with E-state index < -0.39 is 5.69 Å². The molecule has 0 amide bonds. The fourth-order valence-electron chi connectivity index (χ4n) is 1.25. The highest BCUT2D eigenvalue weighted by Gasteiger charge is 2.06. The summed E-state index contributed by atoms with van der Waals surface area (Å²) in [6, 6.07) is 0. The lowest BCUT2D eigenvalue weighted by atomic mass is 10.2. The zero-order chi connectivity index (χ0) is 10.7. The molecular weight excluding hydrogens is 192 g/mol. The third-order valence-corrected chi connectivity index (χ3v) is 1.95. The second kappa shape index (κ2) is 3.83. The summed E-state index contributed by atoms with van der Waals surface area (Å²) in [6.07, 6.45) is 10.8. The van der Waals surface area contributed by atoms with Crippen molar-refractivity contribution in [1.29, 1.82) is 0 Å². The Balaban J connectivity index is 2.45. The van der Waals surface area contributed by atoms with Crippen LogP contribution in [0.25, 0.3) is 5.70 Å². The molecule has 5 nitrogen and oxygen atoms in total. The highest BCUT2D eigenvalue weighted by atomic mass is 16.1. The topological polar surface area (TPSA) is 83.8 Å². The van der Waals surface area contributed by atoms with Gasteiger partial charge >= 0.3 is 5.69 Å². The number of nitrogen functional groups attached to an aromatic ring is 1. The Morgan fingerprint density at radius 3 is 2.93 bits per heavy atom. The van der Waals surface area contributed by atoms with Gasteiger partial charge in [-0.2, -0.15) is 4.98 Å². The first-order valence-corrected chi connectivity index (χ1v) is 4.43. The van der Waals surface area contributed by atoms with Gasteiger partial charge in [0, 0.05) is 12.4 Å². The summed E-state index contributed by atoms with van der Waals surface area (Å²) in [5.74, 6) is 0.209. The van der Waals surface area contributed by atoms with Gasteiger partial charge in [-0.3, -0.25) is 0 Å². The van der Waals surface area contributed by atoms with Gasteiger partial charge < -0.3 is 16.0 Å². The van der Waals surface area contributed by atoms with E-state index in [0.717, 1.165) is 5.70 Å². The number of aromatic nitrogens is 2. The molecular formula is C10H10N4O. The number of allylic oxidation sites excluding steroid dienone is 4. The van der Waals surface area contributed by atoms with E-state index in [9.17, 15) is 4.79 Å². The van der Waals surface area contributed by atoms with E-state index >= 15 is 0 Å². The Hall–Kier alpha value is -2.30. The minimum atomic E-state index is -0.448. The molecule has 4 N–H and O–H groups in total. The minimum absolute atomic E-state index is 0.209. The maximum Gasteiger partial charge on any atom is 0.346 e. The summed E-state index contributed by atoms with van der Waals surface area (Å²) in [4.78, 5) is 17.0. The Bertz CT molecular complexity index is 510. The van der Waals surface area contributed by atoms with Crippen molar-refractivity contribution in [3.63, 3.8) is 0 Å². The van der Waals surface area contributed by atoms with Crippen LogP contribution >= 0.6 is 0 Å². The molecule has 1 aromatic rings. The quantitative estimate of drug-likeness (QED) is 0.614. The van der Waals surface area contributed by atoms with Crippen molar-refractivity contribution in [3.8, 4) is 0 Å². The van der Waals surface area contributed by atoms with E-state index in [1.807, 2.05) is 24.3 Å². The fraction of sp³-hybridized carbons (Fsp3) is 0. The van der Waals surface area contributed by atoms with E-state index in [1.165, 1.54) is 6.20 Å². The summed E-state index contributed by atoms with van der Waals surface area (Å²) in [5.41, 5.74) is 6.66. The molecule has 0 atom stereocenters. The zero-order valence-corrected chi connectivity index (χ0v) is 7.90. The number of nitrogens with zero attached hydrogens (tertiary/aromatic N) is 1. The molecule has 76 valence electrons. The molecule has 0 spiro atoms. The molecule has 0 fully saturated rings. The Kier molecular flexibility index (Phi) is 2.37. The van der Waals surface area contributed by atoms with Gasteiger partial charge in [-0.1, -0.05) is 12.2 Å². The standard InChI is InChI=1S/C10H10N4O/c11-9-7(6-13-10(15)14-9)8-4-2-1-3-5-12-8/h1-6,12H,(H3,11,13,14,15). The summed E-state index contributed by atoms with van der Waals surface area (Å²) in [7, 11) is 0. The molecule has 0 aromatic carbocycles. The zero-order valence-electron chi connectivity index (χ0n) is 7.90. The van der Waals surface area contributed by atoms with Gasteiger partial charge in [-0.25, -0.2) is 4.79 Å². The predicted octanol–water partition coefficient (Wildman–Crippen LogP) is 0.366. The molecule has 1 aliphatic rings. The maximum absolute atomic E-state index is 10.9. The molecule has 0 radical (unpaired) electrons. The van der Waals surface area contributed by atoms with E-state index in [2.05, 4.69) is 15.3 Å². The van der Waals surface area contributed by atoms with E-state index in [4.69, 9.17) is 5.73 Å². The molecule has 0 saturated heterocycles. The van der Waals surface area contributed by atoms with Crippen LogP contribution in [-0.4, -0.2) is 9.97 Å². The number of H-pyrrole nitrogens is 1. The van der Waals surface area contributed by atoms with Crippen LogP contribution in [0.2, 0.25) is 0 Å². The van der Waals surface area contributed by atoms with Crippen LogP contribution in [0.5, 0.6) is 0 Å². The molecule has 5 heteroatoms. The van der Waals surface area contributed by atoms with Crippen molar-refractivity contribution in [2.24, 2.45) is 0 Å². The number of rotatable bonds is 1. The normalized spacial score (nSPS) is 14.3. The first kappa shape index (κ1) is 9.26. The highest BCUT2D eigenvalue weighted by Crippen LogP contribution is 2.15. The van der Waals surface area contributed by atoms with Crippen LogP contribution in [-0.2, 0) is 0 Å². The summed E-state index contributed by atoms with van der Waals surface area (Å²) >= 11 is 0. The van der Waals surface area contributed by atoms with Crippen molar-refractivity contribution in [2.75, 3.05) is 5.73 Å². The van der Waals surface area contributed by atoms with E-state index in [1.54, 1.807) is 6.20 Å². The summed E-state index contributed by atoms with van der Waals surface area (Å²) in [6.45, 7) is 0. The summed E-state index contributed by atoms with van der Waals surface area (Å²) in [5, 5.41) is 3.03. The van der Waals surface area contributed by atoms with Crippen LogP contribution in [0.15, 0.2) is 41.5 Å². The number of hydrogen-bond acceptors (Lipinski definition) is 4. The molecule has 0 aliphatic carbocycles. The number of hydrogen-bond donors (Lipinski definition) is 3. The average Bonchev–Trinajstić information content (AvgIpc) is 2.46. The maximum atomic E-state index is 10.9. The Morgan fingerprint density at radius 2 is 2.13 bits per heavy atom. The van der Waals surface area contributed by atoms with Crippen molar-refractivity contribution < 1.29 is 0 Å². The first-order valence-electron chi connectivity index (χ1n) is 4.43. The van der Waals surface area contributed by atoms with Gasteiger partial charge in [-0.15, -0.1) is 0 Å². The summed E-state index contributed by atoms with van der Waals surface area (Å²) < 4.78 is 0. The fourth-order valence-corrected chi connectivity index (χ4v) is 1.25. The lowest BCUT2D eigenvalue weighted by molar-refractivity contribution is 1.06. The van der Waals surface area contributed by atoms with E-state index in [0.29, 0.717) is 5.56 Å². The SMILES string of the molecule is Nc1nc(=O)[nH]cc1C1=CC=CC=CN1. The minimum Gasteiger partial charge on any atom is -0.383 e. The number of aromatic amines is 1. The third-order valence-electron chi connectivity index (χ3n) is 1.95. The monoisotopic (exact) mass is 202 g/mol. The van der Waals surface area contributed by atoms with Crippen molar-refractivity contribution in [1.82, 2.24) is 15.3 Å². The molecule has 0 unspecified atom stereocenters. The smallest absolute Gasteiger partial charge is 0.346 e. The van der Waals surface area contributed by atoms with Crippen molar-refractivity contribution >= 4 is 11.5 Å². The predicted molar refractivity (Wildman–Crippen MR) is 58.7 cm³/mol. The van der Waals surface area contributed by atoms with Gasteiger partial charge in [0.2, 0.25) is 0 Å². The molecule has 15 heavy (non-hydrogen) atoms.